The first kappa shape index (κ1) is 8.22. The zero-order chi connectivity index (χ0) is 7.49. The van der Waals surface area contributed by atoms with Crippen LogP contribution in [0.3, 0.4) is 0 Å². The van der Waals surface area contributed by atoms with Gasteiger partial charge in [-0.3, -0.25) is 0 Å². The summed E-state index contributed by atoms with van der Waals surface area (Å²) >= 11 is 0. The van der Waals surface area contributed by atoms with Crippen molar-refractivity contribution in [3.8, 4) is 0 Å². The summed E-state index contributed by atoms with van der Waals surface area (Å²) in [5.74, 6) is 0. The monoisotopic (exact) mass is 150 g/mol. The molecule has 9 heavy (non-hydrogen) atoms. The van der Waals surface area contributed by atoms with Crippen LogP contribution in [-0.2, 0) is 10.0 Å². The van der Waals surface area contributed by atoms with Crippen molar-refractivity contribution in [1.29, 1.82) is 0 Å². The van der Waals surface area contributed by atoms with Crippen molar-refractivity contribution >= 4 is 10.0 Å². The van der Waals surface area contributed by atoms with Gasteiger partial charge in [-0.2, -0.15) is 0 Å². The van der Waals surface area contributed by atoms with Crippen LogP contribution in [0, 0.1) is 0 Å². The maximum absolute atomic E-state index is 10.4. The van der Waals surface area contributed by atoms with E-state index >= 15 is 0 Å². The molecule has 0 aromatic carbocycles. The molecule has 0 aromatic heterocycles. The summed E-state index contributed by atoms with van der Waals surface area (Å²) < 4.78 is 23.3. The molecule has 0 saturated heterocycles. The lowest BCUT2D eigenvalue weighted by Crippen LogP contribution is -2.24. The van der Waals surface area contributed by atoms with Crippen molar-refractivity contribution in [3.05, 3.63) is 10.4 Å². The molecular weight excluding hydrogens is 144 g/mol. The van der Waals surface area contributed by atoms with Crippen LogP contribution < -0.4 is 5.73 Å². The van der Waals surface area contributed by atoms with Crippen molar-refractivity contribution < 1.29 is 8.42 Å². The third-order valence-corrected chi connectivity index (χ3v) is 1.86. The molecule has 52 valence electrons. The average Bonchev–Trinajstić information content (AvgIpc) is 1.65. The van der Waals surface area contributed by atoms with Gasteiger partial charge in [-0.1, -0.05) is 0 Å². The van der Waals surface area contributed by atoms with Crippen LogP contribution in [0.15, 0.2) is 4.52 Å². The number of nitrogens with zero attached hydrogens (tertiary/aromatic N) is 3. The van der Waals surface area contributed by atoms with Gasteiger partial charge in [-0.05, 0) is 12.5 Å². The normalized spacial score (nSPS) is 14.0. The third-order valence-electron chi connectivity index (χ3n) is 0.620. The Bertz CT molecular complexity index is 223. The highest BCUT2D eigenvalue weighted by Crippen LogP contribution is 1.95. The summed E-state index contributed by atoms with van der Waals surface area (Å²) in [4.78, 5) is 2.09. The van der Waals surface area contributed by atoms with Gasteiger partial charge >= 0.3 is 0 Å². The van der Waals surface area contributed by atoms with Crippen LogP contribution in [0.2, 0.25) is 0 Å². The highest BCUT2D eigenvalue weighted by molar-refractivity contribution is 7.90. The Hall–Kier alpha value is -0.780. The molecule has 0 heterocycles. The maximum atomic E-state index is 10.4. The van der Waals surface area contributed by atoms with E-state index in [-0.39, 0.29) is 0 Å². The molecule has 0 aliphatic rings. The molecule has 0 saturated carbocycles. The van der Waals surface area contributed by atoms with E-state index in [1.54, 1.807) is 0 Å². The molecule has 1 unspecified atom stereocenters. The Labute approximate surface area is 52.3 Å². The van der Waals surface area contributed by atoms with Crippen LogP contribution in [0.1, 0.15) is 6.92 Å². The first-order valence-electron chi connectivity index (χ1n) is 2.06. The average molecular weight is 150 g/mol. The Morgan fingerprint density at radius 2 is 2.22 bits per heavy atom. The molecule has 6 nitrogen and oxygen atoms in total. The van der Waals surface area contributed by atoms with E-state index in [1.165, 1.54) is 6.92 Å². The molecule has 0 aliphatic carbocycles. The molecule has 0 fully saturated rings. The highest BCUT2D eigenvalue weighted by atomic mass is 32.2. The number of hydrogen-bond donors (Lipinski definition) is 1. The minimum atomic E-state index is -3.76. The molecule has 0 radical (unpaired) electrons. The molecule has 2 N–H and O–H groups in total. The zero-order valence-corrected chi connectivity index (χ0v) is 5.54. The first-order valence-corrected chi connectivity index (χ1v) is 3.57. The van der Waals surface area contributed by atoms with Crippen molar-refractivity contribution in [3.63, 3.8) is 0 Å². The number of hydrogen-bond acceptors (Lipinski definition) is 3. The predicted octanol–water partition coefficient (Wildman–Crippen LogP) is -0.0688. The third kappa shape index (κ3) is 2.31. The quantitative estimate of drug-likeness (QED) is 0.338. The lowest BCUT2D eigenvalue weighted by Gasteiger charge is -1.96. The van der Waals surface area contributed by atoms with E-state index in [4.69, 9.17) is 11.3 Å². The summed E-state index contributed by atoms with van der Waals surface area (Å²) in [6.45, 7) is 1.23. The van der Waals surface area contributed by atoms with Crippen LogP contribution >= 0.6 is 0 Å². The van der Waals surface area contributed by atoms with Gasteiger partial charge in [0.05, 0.1) is 0 Å². The highest BCUT2D eigenvalue weighted by Gasteiger charge is 2.12. The van der Waals surface area contributed by atoms with E-state index in [0.29, 0.717) is 0 Å². The van der Waals surface area contributed by atoms with Gasteiger partial charge in [0.1, 0.15) is 5.37 Å². The summed E-state index contributed by atoms with van der Waals surface area (Å²) in [5.41, 5.74) is 12.6. The summed E-state index contributed by atoms with van der Waals surface area (Å²) in [6.07, 6.45) is 0. The molecule has 0 rings (SSSR count). The summed E-state index contributed by atoms with van der Waals surface area (Å²) in [5, 5.41) is -1.13. The minimum absolute atomic E-state index is 1.13. The van der Waals surface area contributed by atoms with E-state index in [0.717, 1.165) is 0 Å². The van der Waals surface area contributed by atoms with Gasteiger partial charge in [0.2, 0.25) is 0 Å². The standard InChI is InChI=1S/C2H6N4O2S/c1-2(3)9(7,8)6-5-4/h2H,3H2,1H3. The number of rotatable bonds is 2. The second kappa shape index (κ2) is 2.67. The first-order chi connectivity index (χ1) is 4.00. The van der Waals surface area contributed by atoms with Crippen molar-refractivity contribution in [1.82, 2.24) is 0 Å². The molecule has 0 amide bonds. The number of azide groups is 1. The van der Waals surface area contributed by atoms with Crippen LogP contribution in [-0.4, -0.2) is 13.8 Å². The van der Waals surface area contributed by atoms with E-state index in [2.05, 4.69) is 9.43 Å². The smallest absolute Gasteiger partial charge is 0.250 e. The Balaban J connectivity index is 4.62. The van der Waals surface area contributed by atoms with E-state index in [9.17, 15) is 8.42 Å². The fraction of sp³-hybridized carbons (Fsp3) is 1.00. The zero-order valence-electron chi connectivity index (χ0n) is 4.72. The maximum Gasteiger partial charge on any atom is 0.250 e. The second-order valence-electron chi connectivity index (χ2n) is 1.39. The van der Waals surface area contributed by atoms with Crippen molar-refractivity contribution in [2.24, 2.45) is 10.3 Å². The molecule has 1 atom stereocenters. The molecular formula is C2H6N4O2S. The van der Waals surface area contributed by atoms with Gasteiger partial charge in [0, 0.05) is 9.43 Å². The second-order valence-corrected chi connectivity index (χ2v) is 3.33. The molecule has 0 aromatic rings. The van der Waals surface area contributed by atoms with Crippen LogP contribution in [0.5, 0.6) is 0 Å². The molecule has 0 aliphatic heterocycles. The van der Waals surface area contributed by atoms with Crippen molar-refractivity contribution in [2.75, 3.05) is 0 Å². The van der Waals surface area contributed by atoms with Gasteiger partial charge in [0.25, 0.3) is 10.0 Å². The lowest BCUT2D eigenvalue weighted by atomic mass is 10.8. The van der Waals surface area contributed by atoms with Gasteiger partial charge in [-0.25, -0.2) is 8.42 Å². The van der Waals surface area contributed by atoms with E-state index in [1.807, 2.05) is 0 Å². The Morgan fingerprint density at radius 3 is 2.33 bits per heavy atom. The largest absolute Gasteiger partial charge is 0.315 e. The summed E-state index contributed by atoms with van der Waals surface area (Å²) in [6, 6.07) is 0. The Kier molecular flexibility index (Phi) is 2.44. The predicted molar refractivity (Wildman–Crippen MR) is 31.7 cm³/mol. The number of nitrogens with two attached hydrogens (primary N) is 1. The fourth-order valence-electron chi connectivity index (χ4n) is 0.125. The molecule has 7 heteroatoms. The fourth-order valence-corrected chi connectivity index (χ4v) is 0.376. The van der Waals surface area contributed by atoms with Gasteiger partial charge in [0.15, 0.2) is 0 Å². The number of sulfonamides is 1. The topological polar surface area (TPSA) is 109 Å². The summed E-state index contributed by atoms with van der Waals surface area (Å²) in [7, 11) is -3.76. The minimum Gasteiger partial charge on any atom is -0.315 e. The SMILES string of the molecule is CC(N)S(=O)(=O)N=[N+]=[N-]. The van der Waals surface area contributed by atoms with Gasteiger partial charge in [-0.15, -0.1) is 0 Å². The van der Waals surface area contributed by atoms with E-state index < -0.39 is 15.4 Å². The van der Waals surface area contributed by atoms with Gasteiger partial charge < -0.3 is 5.73 Å². The van der Waals surface area contributed by atoms with Crippen molar-refractivity contribution in [2.45, 2.75) is 12.3 Å². The molecule has 0 bridgehead atoms. The van der Waals surface area contributed by atoms with Crippen LogP contribution in [0.25, 0.3) is 10.4 Å². The lowest BCUT2D eigenvalue weighted by molar-refractivity contribution is 0.586. The Morgan fingerprint density at radius 1 is 1.78 bits per heavy atom. The molecule has 0 spiro atoms. The van der Waals surface area contributed by atoms with Crippen LogP contribution in [0.4, 0.5) is 0 Å².